The standard InChI is InChI=1S/C11H16OS/c1-8-6-7-13-11(8)9-4-2-3-5-10(9)12/h6-7,9-10,12H,2-5H2,1H3. The van der Waals surface area contributed by atoms with Crippen LogP contribution in [0.5, 0.6) is 0 Å². The van der Waals surface area contributed by atoms with Gasteiger partial charge in [-0.2, -0.15) is 0 Å². The minimum atomic E-state index is -0.0916. The lowest BCUT2D eigenvalue weighted by molar-refractivity contribution is 0.107. The van der Waals surface area contributed by atoms with Crippen LogP contribution in [0.4, 0.5) is 0 Å². The number of hydrogen-bond donors (Lipinski definition) is 1. The van der Waals surface area contributed by atoms with Crippen LogP contribution in [0.2, 0.25) is 0 Å². The Kier molecular flexibility index (Phi) is 2.70. The number of aliphatic hydroxyl groups is 1. The maximum Gasteiger partial charge on any atom is 0.0616 e. The number of rotatable bonds is 1. The van der Waals surface area contributed by atoms with Crippen molar-refractivity contribution in [2.75, 3.05) is 0 Å². The highest BCUT2D eigenvalue weighted by molar-refractivity contribution is 7.10. The Bertz CT molecular complexity index is 279. The summed E-state index contributed by atoms with van der Waals surface area (Å²) in [6.07, 6.45) is 4.54. The molecule has 0 radical (unpaired) electrons. The molecule has 1 aromatic rings. The number of thiophene rings is 1. The third-order valence-electron chi connectivity index (χ3n) is 2.97. The van der Waals surface area contributed by atoms with Gasteiger partial charge < -0.3 is 5.11 Å². The van der Waals surface area contributed by atoms with E-state index in [1.807, 2.05) is 0 Å². The van der Waals surface area contributed by atoms with E-state index in [1.165, 1.54) is 29.7 Å². The zero-order valence-electron chi connectivity index (χ0n) is 7.99. The van der Waals surface area contributed by atoms with E-state index in [9.17, 15) is 5.11 Å². The van der Waals surface area contributed by atoms with Gasteiger partial charge in [0.25, 0.3) is 0 Å². The van der Waals surface area contributed by atoms with E-state index >= 15 is 0 Å². The summed E-state index contributed by atoms with van der Waals surface area (Å²) in [6, 6.07) is 2.15. The molecule has 13 heavy (non-hydrogen) atoms. The zero-order chi connectivity index (χ0) is 9.26. The van der Waals surface area contributed by atoms with Gasteiger partial charge in [0.1, 0.15) is 0 Å². The van der Waals surface area contributed by atoms with Crippen molar-refractivity contribution in [3.05, 3.63) is 21.9 Å². The minimum Gasteiger partial charge on any atom is -0.392 e. The first kappa shape index (κ1) is 9.22. The molecule has 1 aromatic heterocycles. The average molecular weight is 196 g/mol. The van der Waals surface area contributed by atoms with E-state index in [-0.39, 0.29) is 6.10 Å². The van der Waals surface area contributed by atoms with Crippen LogP contribution in [-0.2, 0) is 0 Å². The molecule has 1 N–H and O–H groups in total. The summed E-state index contributed by atoms with van der Waals surface area (Å²) in [4.78, 5) is 1.41. The van der Waals surface area contributed by atoms with Gasteiger partial charge in [-0.3, -0.25) is 0 Å². The van der Waals surface area contributed by atoms with Crippen molar-refractivity contribution in [1.82, 2.24) is 0 Å². The van der Waals surface area contributed by atoms with Crippen LogP contribution in [0.15, 0.2) is 11.4 Å². The van der Waals surface area contributed by atoms with Crippen LogP contribution in [0.1, 0.15) is 42.0 Å². The molecule has 0 amide bonds. The second-order valence-corrected chi connectivity index (χ2v) is 4.87. The van der Waals surface area contributed by atoms with E-state index in [0.717, 1.165) is 6.42 Å². The van der Waals surface area contributed by atoms with Gasteiger partial charge in [0, 0.05) is 10.8 Å². The summed E-state index contributed by atoms with van der Waals surface area (Å²) in [6.45, 7) is 2.15. The molecule has 0 aliphatic heterocycles. The van der Waals surface area contributed by atoms with E-state index in [2.05, 4.69) is 18.4 Å². The molecule has 2 unspecified atom stereocenters. The molecule has 2 atom stereocenters. The van der Waals surface area contributed by atoms with Crippen molar-refractivity contribution >= 4 is 11.3 Å². The topological polar surface area (TPSA) is 20.2 Å². The summed E-state index contributed by atoms with van der Waals surface area (Å²) in [5.41, 5.74) is 1.36. The molecule has 2 heteroatoms. The van der Waals surface area contributed by atoms with Crippen LogP contribution in [0, 0.1) is 6.92 Å². The summed E-state index contributed by atoms with van der Waals surface area (Å²) in [5.74, 6) is 0.425. The van der Waals surface area contributed by atoms with E-state index < -0.39 is 0 Å². The molecular formula is C11H16OS. The molecule has 1 nitrogen and oxygen atoms in total. The van der Waals surface area contributed by atoms with E-state index in [4.69, 9.17) is 0 Å². The number of aliphatic hydroxyl groups excluding tert-OH is 1. The van der Waals surface area contributed by atoms with Gasteiger partial charge in [-0.1, -0.05) is 12.8 Å². The molecule has 0 spiro atoms. The van der Waals surface area contributed by atoms with Gasteiger partial charge in [0.2, 0.25) is 0 Å². The maximum atomic E-state index is 9.87. The molecule has 0 aromatic carbocycles. The SMILES string of the molecule is Cc1ccsc1C1CCCCC1O. The minimum absolute atomic E-state index is 0.0916. The second kappa shape index (κ2) is 3.81. The summed E-state index contributed by atoms with van der Waals surface area (Å²) in [7, 11) is 0. The van der Waals surface area contributed by atoms with Crippen LogP contribution in [0.3, 0.4) is 0 Å². The van der Waals surface area contributed by atoms with Crippen molar-refractivity contribution < 1.29 is 5.11 Å². The lowest BCUT2D eigenvalue weighted by Gasteiger charge is -2.27. The van der Waals surface area contributed by atoms with Crippen LogP contribution < -0.4 is 0 Å². The normalized spacial score (nSPS) is 29.1. The van der Waals surface area contributed by atoms with E-state index in [1.54, 1.807) is 11.3 Å². The Morgan fingerprint density at radius 2 is 2.15 bits per heavy atom. The number of hydrogen-bond acceptors (Lipinski definition) is 2. The van der Waals surface area contributed by atoms with Gasteiger partial charge in [0.05, 0.1) is 6.10 Å². The predicted octanol–water partition coefficient (Wildman–Crippen LogP) is 3.08. The Morgan fingerprint density at radius 3 is 2.77 bits per heavy atom. The quantitative estimate of drug-likeness (QED) is 0.732. The third kappa shape index (κ3) is 1.79. The molecule has 1 aliphatic rings. The van der Waals surface area contributed by atoms with Crippen molar-refractivity contribution in [2.24, 2.45) is 0 Å². The average Bonchev–Trinajstić information content (AvgIpc) is 2.52. The molecule has 72 valence electrons. The highest BCUT2D eigenvalue weighted by Gasteiger charge is 2.26. The summed E-state index contributed by atoms with van der Waals surface area (Å²) >= 11 is 1.80. The third-order valence-corrected chi connectivity index (χ3v) is 4.12. The van der Waals surface area contributed by atoms with Gasteiger partial charge in [-0.05, 0) is 36.8 Å². The monoisotopic (exact) mass is 196 g/mol. The Morgan fingerprint density at radius 1 is 1.38 bits per heavy atom. The van der Waals surface area contributed by atoms with Gasteiger partial charge in [-0.25, -0.2) is 0 Å². The smallest absolute Gasteiger partial charge is 0.0616 e. The lowest BCUT2D eigenvalue weighted by atomic mass is 9.84. The van der Waals surface area contributed by atoms with Crippen molar-refractivity contribution in [2.45, 2.75) is 44.6 Å². The molecule has 1 heterocycles. The highest BCUT2D eigenvalue weighted by atomic mass is 32.1. The molecule has 1 aliphatic carbocycles. The molecular weight excluding hydrogens is 180 g/mol. The van der Waals surface area contributed by atoms with Crippen LogP contribution in [-0.4, -0.2) is 11.2 Å². The van der Waals surface area contributed by atoms with Crippen molar-refractivity contribution in [3.63, 3.8) is 0 Å². The fraction of sp³-hybridized carbons (Fsp3) is 0.636. The summed E-state index contributed by atoms with van der Waals surface area (Å²) < 4.78 is 0. The largest absolute Gasteiger partial charge is 0.392 e. The molecule has 2 rings (SSSR count). The first-order chi connectivity index (χ1) is 6.29. The first-order valence-corrected chi connectivity index (χ1v) is 5.89. The molecule has 1 saturated carbocycles. The second-order valence-electron chi connectivity index (χ2n) is 3.93. The Labute approximate surface area is 83.4 Å². The fourth-order valence-corrected chi connectivity index (χ4v) is 3.30. The maximum absolute atomic E-state index is 9.87. The van der Waals surface area contributed by atoms with Crippen molar-refractivity contribution in [3.8, 4) is 0 Å². The van der Waals surface area contributed by atoms with Crippen LogP contribution in [0.25, 0.3) is 0 Å². The highest BCUT2D eigenvalue weighted by Crippen LogP contribution is 2.37. The lowest BCUT2D eigenvalue weighted by Crippen LogP contribution is -2.22. The Hall–Kier alpha value is -0.340. The zero-order valence-corrected chi connectivity index (χ0v) is 8.81. The van der Waals surface area contributed by atoms with Gasteiger partial charge >= 0.3 is 0 Å². The van der Waals surface area contributed by atoms with Crippen LogP contribution >= 0.6 is 11.3 Å². The summed E-state index contributed by atoms with van der Waals surface area (Å²) in [5, 5.41) is 12.0. The van der Waals surface area contributed by atoms with E-state index in [0.29, 0.717) is 5.92 Å². The van der Waals surface area contributed by atoms with Gasteiger partial charge in [0.15, 0.2) is 0 Å². The molecule has 1 fully saturated rings. The predicted molar refractivity (Wildman–Crippen MR) is 56.3 cm³/mol. The number of aryl methyl sites for hydroxylation is 1. The molecule has 0 saturated heterocycles. The fourth-order valence-electron chi connectivity index (χ4n) is 2.18. The molecule has 0 bridgehead atoms. The van der Waals surface area contributed by atoms with Crippen molar-refractivity contribution in [1.29, 1.82) is 0 Å². The van der Waals surface area contributed by atoms with Gasteiger partial charge in [-0.15, -0.1) is 11.3 Å². The Balaban J connectivity index is 2.19. The first-order valence-electron chi connectivity index (χ1n) is 5.01.